The molecular formula is C15H24N2O2. The lowest BCUT2D eigenvalue weighted by molar-refractivity contribution is 0.0642. The number of hydrogen-bond donors (Lipinski definition) is 1. The largest absolute Gasteiger partial charge is 0.496 e. The fourth-order valence-electron chi connectivity index (χ4n) is 2.71. The van der Waals surface area contributed by atoms with E-state index in [0.717, 1.165) is 36.8 Å². The predicted molar refractivity (Wildman–Crippen MR) is 77.8 cm³/mol. The summed E-state index contributed by atoms with van der Waals surface area (Å²) in [7, 11) is 1.69. The Hall–Kier alpha value is -1.26. The molecule has 106 valence electrons. The van der Waals surface area contributed by atoms with Crippen molar-refractivity contribution >= 4 is 5.69 Å². The molecule has 2 rings (SSSR count). The molecule has 1 saturated heterocycles. The van der Waals surface area contributed by atoms with Crippen molar-refractivity contribution in [2.75, 3.05) is 31.8 Å². The molecule has 0 amide bonds. The van der Waals surface area contributed by atoms with E-state index in [4.69, 9.17) is 15.2 Å². The van der Waals surface area contributed by atoms with Gasteiger partial charge in [-0.15, -0.1) is 0 Å². The quantitative estimate of drug-likeness (QED) is 0.910. The number of anilines is 1. The maximum absolute atomic E-state index is 6.15. The van der Waals surface area contributed by atoms with E-state index in [2.05, 4.69) is 24.8 Å². The van der Waals surface area contributed by atoms with E-state index in [9.17, 15) is 0 Å². The SMILES string of the molecule is COc1cccc(N2CCOCC2(C)C)c1[C@H](C)N. The number of nitrogens with zero attached hydrogens (tertiary/aromatic N) is 1. The van der Waals surface area contributed by atoms with E-state index in [0.29, 0.717) is 0 Å². The molecule has 0 aromatic heterocycles. The van der Waals surface area contributed by atoms with Crippen LogP contribution >= 0.6 is 0 Å². The average molecular weight is 264 g/mol. The van der Waals surface area contributed by atoms with Gasteiger partial charge in [-0.05, 0) is 32.9 Å². The van der Waals surface area contributed by atoms with Crippen LogP contribution in [0.4, 0.5) is 5.69 Å². The second kappa shape index (κ2) is 5.39. The molecule has 0 spiro atoms. The zero-order chi connectivity index (χ0) is 14.0. The fourth-order valence-corrected chi connectivity index (χ4v) is 2.71. The number of rotatable bonds is 3. The third kappa shape index (κ3) is 2.69. The van der Waals surface area contributed by atoms with E-state index in [1.165, 1.54) is 0 Å². The lowest BCUT2D eigenvalue weighted by Crippen LogP contribution is -2.53. The van der Waals surface area contributed by atoms with E-state index in [-0.39, 0.29) is 11.6 Å². The van der Waals surface area contributed by atoms with Crippen molar-refractivity contribution in [2.45, 2.75) is 32.4 Å². The number of benzene rings is 1. The standard InChI is InChI=1S/C15H24N2O2/c1-11(16)14-12(6-5-7-13(14)18-4)17-8-9-19-10-15(17,2)3/h5-7,11H,8-10,16H2,1-4H3/t11-/m0/s1. The second-order valence-electron chi connectivity index (χ2n) is 5.70. The monoisotopic (exact) mass is 264 g/mol. The van der Waals surface area contributed by atoms with Gasteiger partial charge < -0.3 is 20.1 Å². The summed E-state index contributed by atoms with van der Waals surface area (Å²) in [5.41, 5.74) is 8.34. The van der Waals surface area contributed by atoms with Gasteiger partial charge in [-0.25, -0.2) is 0 Å². The third-order valence-electron chi connectivity index (χ3n) is 3.65. The van der Waals surface area contributed by atoms with Crippen molar-refractivity contribution in [1.82, 2.24) is 0 Å². The van der Waals surface area contributed by atoms with Gasteiger partial charge in [0.05, 0.1) is 25.9 Å². The van der Waals surface area contributed by atoms with Crippen LogP contribution in [-0.4, -0.2) is 32.4 Å². The first kappa shape index (κ1) is 14.2. The van der Waals surface area contributed by atoms with Crippen LogP contribution in [-0.2, 0) is 4.74 Å². The normalized spacial score (nSPS) is 20.2. The van der Waals surface area contributed by atoms with E-state index in [1.54, 1.807) is 7.11 Å². The maximum atomic E-state index is 6.15. The molecule has 0 unspecified atom stereocenters. The van der Waals surface area contributed by atoms with Crippen molar-refractivity contribution in [3.05, 3.63) is 23.8 Å². The molecule has 1 aliphatic heterocycles. The van der Waals surface area contributed by atoms with E-state index in [1.807, 2.05) is 19.1 Å². The molecule has 1 fully saturated rings. The lowest BCUT2D eigenvalue weighted by Gasteiger charge is -2.45. The fraction of sp³-hybridized carbons (Fsp3) is 0.600. The molecule has 4 heteroatoms. The summed E-state index contributed by atoms with van der Waals surface area (Å²) >= 11 is 0. The molecule has 0 bridgehead atoms. The van der Waals surface area contributed by atoms with Gasteiger partial charge in [0.2, 0.25) is 0 Å². The van der Waals surface area contributed by atoms with Gasteiger partial charge in [-0.3, -0.25) is 0 Å². The smallest absolute Gasteiger partial charge is 0.125 e. The Kier molecular flexibility index (Phi) is 4.02. The third-order valence-corrected chi connectivity index (χ3v) is 3.65. The maximum Gasteiger partial charge on any atom is 0.125 e. The Balaban J connectivity index is 2.49. The minimum Gasteiger partial charge on any atom is -0.496 e. The lowest BCUT2D eigenvalue weighted by atomic mass is 9.97. The summed E-state index contributed by atoms with van der Waals surface area (Å²) in [6.45, 7) is 8.73. The molecule has 0 saturated carbocycles. The van der Waals surface area contributed by atoms with Crippen molar-refractivity contribution in [3.8, 4) is 5.75 Å². The highest BCUT2D eigenvalue weighted by atomic mass is 16.5. The Morgan fingerprint density at radius 3 is 2.74 bits per heavy atom. The molecule has 1 aliphatic rings. The highest BCUT2D eigenvalue weighted by molar-refractivity contribution is 5.62. The van der Waals surface area contributed by atoms with Crippen LogP contribution in [0.15, 0.2) is 18.2 Å². The minimum absolute atomic E-state index is 0.0335. The van der Waals surface area contributed by atoms with Crippen molar-refractivity contribution < 1.29 is 9.47 Å². The predicted octanol–water partition coefficient (Wildman–Crippen LogP) is 2.33. The topological polar surface area (TPSA) is 47.7 Å². The molecule has 1 aromatic carbocycles. The number of methoxy groups -OCH3 is 1. The summed E-state index contributed by atoms with van der Waals surface area (Å²) in [5, 5.41) is 0. The van der Waals surface area contributed by atoms with Crippen LogP contribution < -0.4 is 15.4 Å². The summed E-state index contributed by atoms with van der Waals surface area (Å²) in [5.74, 6) is 0.856. The first-order chi connectivity index (χ1) is 8.97. The average Bonchev–Trinajstić information content (AvgIpc) is 2.37. The second-order valence-corrected chi connectivity index (χ2v) is 5.70. The molecule has 1 aromatic rings. The van der Waals surface area contributed by atoms with Crippen LogP contribution in [0.25, 0.3) is 0 Å². The number of morpholine rings is 1. The number of nitrogens with two attached hydrogens (primary N) is 1. The molecular weight excluding hydrogens is 240 g/mol. The Bertz CT molecular complexity index is 444. The van der Waals surface area contributed by atoms with Gasteiger partial charge in [0.1, 0.15) is 5.75 Å². The van der Waals surface area contributed by atoms with Gasteiger partial charge >= 0.3 is 0 Å². The van der Waals surface area contributed by atoms with E-state index >= 15 is 0 Å². The minimum atomic E-state index is -0.0650. The highest BCUT2D eigenvalue weighted by Gasteiger charge is 2.33. The van der Waals surface area contributed by atoms with Crippen LogP contribution in [0, 0.1) is 0 Å². The summed E-state index contributed by atoms with van der Waals surface area (Å²) in [6.07, 6.45) is 0. The molecule has 1 atom stereocenters. The number of hydrogen-bond acceptors (Lipinski definition) is 4. The summed E-state index contributed by atoms with van der Waals surface area (Å²) < 4.78 is 11.1. The van der Waals surface area contributed by atoms with E-state index < -0.39 is 0 Å². The van der Waals surface area contributed by atoms with Gasteiger partial charge in [-0.1, -0.05) is 6.07 Å². The van der Waals surface area contributed by atoms with Crippen LogP contribution in [0.3, 0.4) is 0 Å². The van der Waals surface area contributed by atoms with Crippen LogP contribution in [0.2, 0.25) is 0 Å². The zero-order valence-corrected chi connectivity index (χ0v) is 12.3. The molecule has 0 aliphatic carbocycles. The Labute approximate surface area is 115 Å². The molecule has 1 heterocycles. The number of ether oxygens (including phenoxy) is 2. The first-order valence-corrected chi connectivity index (χ1v) is 6.75. The van der Waals surface area contributed by atoms with Crippen molar-refractivity contribution in [3.63, 3.8) is 0 Å². The zero-order valence-electron chi connectivity index (χ0n) is 12.3. The van der Waals surface area contributed by atoms with Gasteiger partial charge in [0.25, 0.3) is 0 Å². The summed E-state index contributed by atoms with van der Waals surface area (Å²) in [6, 6.07) is 6.04. The first-order valence-electron chi connectivity index (χ1n) is 6.75. The summed E-state index contributed by atoms with van der Waals surface area (Å²) in [4.78, 5) is 2.37. The van der Waals surface area contributed by atoms with Gasteiger partial charge in [0.15, 0.2) is 0 Å². The van der Waals surface area contributed by atoms with Crippen molar-refractivity contribution in [2.24, 2.45) is 5.73 Å². The molecule has 4 nitrogen and oxygen atoms in total. The Morgan fingerprint density at radius 1 is 1.42 bits per heavy atom. The molecule has 19 heavy (non-hydrogen) atoms. The van der Waals surface area contributed by atoms with Gasteiger partial charge in [0, 0.05) is 23.8 Å². The van der Waals surface area contributed by atoms with Crippen molar-refractivity contribution in [1.29, 1.82) is 0 Å². The Morgan fingerprint density at radius 2 is 2.16 bits per heavy atom. The molecule has 2 N–H and O–H groups in total. The van der Waals surface area contributed by atoms with Gasteiger partial charge in [-0.2, -0.15) is 0 Å². The van der Waals surface area contributed by atoms with Crippen LogP contribution in [0.1, 0.15) is 32.4 Å². The highest BCUT2D eigenvalue weighted by Crippen LogP contribution is 2.37. The van der Waals surface area contributed by atoms with Crippen LogP contribution in [0.5, 0.6) is 5.75 Å². The molecule has 0 radical (unpaired) electrons.